The van der Waals surface area contributed by atoms with Gasteiger partial charge in [0.1, 0.15) is 0 Å². The summed E-state index contributed by atoms with van der Waals surface area (Å²) in [7, 11) is 1.39. The number of rotatable bonds is 3. The first-order chi connectivity index (χ1) is 9.47. The van der Waals surface area contributed by atoms with Crippen molar-refractivity contribution in [2.75, 3.05) is 7.11 Å². The van der Waals surface area contributed by atoms with Crippen LogP contribution in [0.1, 0.15) is 29.8 Å². The largest absolute Gasteiger partial charge is 0.469 e. The van der Waals surface area contributed by atoms with Gasteiger partial charge in [0.15, 0.2) is 0 Å². The fraction of sp³-hybridized carbons (Fsp3) is 0.333. The quantitative estimate of drug-likeness (QED) is 0.814. The molecule has 2 aromatic rings. The monoisotopic (exact) mass is 292 g/mol. The standard InChI is InChI=1S/C15H17ClN2O2/c1-9(15(19)20-4)14-10(2)17-18(11(14)3)13-8-6-5-7-12(13)16/h5-9H,1-4H3. The van der Waals surface area contributed by atoms with Crippen LogP contribution in [0.25, 0.3) is 5.69 Å². The van der Waals surface area contributed by atoms with Crippen LogP contribution in [0.5, 0.6) is 0 Å². The maximum atomic E-state index is 11.7. The Bertz CT molecular complexity index is 649. The van der Waals surface area contributed by atoms with Crippen molar-refractivity contribution in [2.24, 2.45) is 0 Å². The zero-order chi connectivity index (χ0) is 14.9. The molecule has 0 saturated heterocycles. The van der Waals surface area contributed by atoms with Crippen molar-refractivity contribution < 1.29 is 9.53 Å². The van der Waals surface area contributed by atoms with Gasteiger partial charge in [-0.05, 0) is 32.9 Å². The summed E-state index contributed by atoms with van der Waals surface area (Å²) in [5, 5.41) is 5.12. The topological polar surface area (TPSA) is 44.1 Å². The van der Waals surface area contributed by atoms with Crippen molar-refractivity contribution in [2.45, 2.75) is 26.7 Å². The van der Waals surface area contributed by atoms with E-state index in [1.54, 1.807) is 4.68 Å². The minimum absolute atomic E-state index is 0.269. The van der Waals surface area contributed by atoms with Crippen LogP contribution in [0.15, 0.2) is 24.3 Å². The molecule has 0 aliphatic heterocycles. The van der Waals surface area contributed by atoms with E-state index in [1.807, 2.05) is 45.0 Å². The van der Waals surface area contributed by atoms with Gasteiger partial charge in [0.2, 0.25) is 0 Å². The summed E-state index contributed by atoms with van der Waals surface area (Å²) in [6, 6.07) is 7.49. The highest BCUT2D eigenvalue weighted by Gasteiger charge is 2.24. The Labute approximate surface area is 123 Å². The van der Waals surface area contributed by atoms with Gasteiger partial charge in [-0.2, -0.15) is 5.10 Å². The third kappa shape index (κ3) is 2.43. The lowest BCUT2D eigenvalue weighted by Gasteiger charge is -2.11. The van der Waals surface area contributed by atoms with Gasteiger partial charge in [-0.3, -0.25) is 4.79 Å². The summed E-state index contributed by atoms with van der Waals surface area (Å²) in [5.74, 6) is -0.619. The van der Waals surface area contributed by atoms with Crippen molar-refractivity contribution >= 4 is 17.6 Å². The van der Waals surface area contributed by atoms with Gasteiger partial charge in [-0.25, -0.2) is 4.68 Å². The number of ether oxygens (including phenoxy) is 1. The fourth-order valence-corrected chi connectivity index (χ4v) is 2.65. The van der Waals surface area contributed by atoms with Crippen LogP contribution in [0.3, 0.4) is 0 Å². The highest BCUT2D eigenvalue weighted by atomic mass is 35.5. The number of aryl methyl sites for hydroxylation is 1. The van der Waals surface area contributed by atoms with Gasteiger partial charge in [0.05, 0.1) is 29.4 Å². The van der Waals surface area contributed by atoms with Crippen LogP contribution < -0.4 is 0 Å². The molecule has 0 aliphatic carbocycles. The van der Waals surface area contributed by atoms with E-state index in [-0.39, 0.29) is 11.9 Å². The first kappa shape index (κ1) is 14.6. The smallest absolute Gasteiger partial charge is 0.312 e. The van der Waals surface area contributed by atoms with Gasteiger partial charge in [0, 0.05) is 11.3 Å². The number of hydrogen-bond acceptors (Lipinski definition) is 3. The molecule has 106 valence electrons. The van der Waals surface area contributed by atoms with Crippen LogP contribution in [-0.4, -0.2) is 22.9 Å². The summed E-state index contributed by atoms with van der Waals surface area (Å²) in [6.07, 6.45) is 0. The van der Waals surface area contributed by atoms with Crippen LogP contribution in [0.4, 0.5) is 0 Å². The molecule has 1 aromatic carbocycles. The number of carbonyl (C=O) groups is 1. The highest BCUT2D eigenvalue weighted by molar-refractivity contribution is 6.32. The number of hydrogen-bond donors (Lipinski definition) is 0. The van der Waals surface area contributed by atoms with Gasteiger partial charge >= 0.3 is 5.97 Å². The number of halogens is 1. The van der Waals surface area contributed by atoms with Crippen molar-refractivity contribution in [1.82, 2.24) is 9.78 Å². The number of nitrogens with zero attached hydrogens (tertiary/aromatic N) is 2. The van der Waals surface area contributed by atoms with Gasteiger partial charge in [0.25, 0.3) is 0 Å². The second kappa shape index (κ2) is 5.67. The molecule has 1 unspecified atom stereocenters. The van der Waals surface area contributed by atoms with E-state index in [2.05, 4.69) is 5.10 Å². The molecule has 2 rings (SSSR count). The molecule has 0 saturated carbocycles. The predicted molar refractivity (Wildman–Crippen MR) is 78.5 cm³/mol. The number of para-hydroxylation sites is 1. The molecular formula is C15H17ClN2O2. The number of methoxy groups -OCH3 is 1. The van der Waals surface area contributed by atoms with Crippen molar-refractivity contribution in [3.63, 3.8) is 0 Å². The maximum Gasteiger partial charge on any atom is 0.312 e. The van der Waals surface area contributed by atoms with Gasteiger partial charge in [-0.15, -0.1) is 0 Å². The first-order valence-corrected chi connectivity index (χ1v) is 6.74. The Morgan fingerprint density at radius 1 is 1.35 bits per heavy atom. The number of carbonyl (C=O) groups excluding carboxylic acids is 1. The van der Waals surface area contributed by atoms with E-state index in [0.29, 0.717) is 5.02 Å². The van der Waals surface area contributed by atoms with Gasteiger partial charge in [-0.1, -0.05) is 23.7 Å². The van der Waals surface area contributed by atoms with Crippen molar-refractivity contribution in [1.29, 1.82) is 0 Å². The van der Waals surface area contributed by atoms with Crippen LogP contribution in [-0.2, 0) is 9.53 Å². The molecule has 4 nitrogen and oxygen atoms in total. The normalized spacial score (nSPS) is 12.2. The van der Waals surface area contributed by atoms with Gasteiger partial charge < -0.3 is 4.74 Å². The first-order valence-electron chi connectivity index (χ1n) is 6.36. The molecule has 5 heteroatoms. The molecule has 1 heterocycles. The molecule has 0 amide bonds. The molecule has 0 bridgehead atoms. The number of aromatic nitrogens is 2. The Morgan fingerprint density at radius 2 is 2.00 bits per heavy atom. The van der Waals surface area contributed by atoms with Crippen molar-refractivity contribution in [3.8, 4) is 5.69 Å². The Hall–Kier alpha value is -1.81. The summed E-state index contributed by atoms with van der Waals surface area (Å²) < 4.78 is 6.58. The summed E-state index contributed by atoms with van der Waals surface area (Å²) in [4.78, 5) is 11.7. The van der Waals surface area contributed by atoms with Crippen molar-refractivity contribution in [3.05, 3.63) is 46.2 Å². The molecule has 1 aromatic heterocycles. The number of benzene rings is 1. The Balaban J connectivity index is 2.55. The molecular weight excluding hydrogens is 276 g/mol. The lowest BCUT2D eigenvalue weighted by molar-refractivity contribution is -0.142. The van der Waals surface area contributed by atoms with E-state index in [1.165, 1.54) is 7.11 Å². The molecule has 0 aliphatic rings. The molecule has 0 radical (unpaired) electrons. The van der Waals surface area contributed by atoms with E-state index < -0.39 is 0 Å². The van der Waals surface area contributed by atoms with Crippen LogP contribution in [0.2, 0.25) is 5.02 Å². The molecule has 1 atom stereocenters. The summed E-state index contributed by atoms with van der Waals surface area (Å²) in [5.41, 5.74) is 3.39. The van der Waals surface area contributed by atoms with E-state index in [4.69, 9.17) is 16.3 Å². The lowest BCUT2D eigenvalue weighted by Crippen LogP contribution is -2.12. The second-order valence-corrected chi connectivity index (χ2v) is 5.10. The second-order valence-electron chi connectivity index (χ2n) is 4.69. The third-order valence-electron chi connectivity index (χ3n) is 3.42. The summed E-state index contributed by atoms with van der Waals surface area (Å²) >= 11 is 6.21. The zero-order valence-electron chi connectivity index (χ0n) is 12.0. The van der Waals surface area contributed by atoms with E-state index in [0.717, 1.165) is 22.6 Å². The molecule has 20 heavy (non-hydrogen) atoms. The minimum atomic E-state index is -0.351. The fourth-order valence-electron chi connectivity index (χ4n) is 2.43. The zero-order valence-corrected chi connectivity index (χ0v) is 12.7. The molecule has 0 N–H and O–H groups in total. The SMILES string of the molecule is COC(=O)C(C)c1c(C)nn(-c2ccccc2Cl)c1C. The minimum Gasteiger partial charge on any atom is -0.469 e. The average Bonchev–Trinajstić information content (AvgIpc) is 2.73. The van der Waals surface area contributed by atoms with E-state index >= 15 is 0 Å². The maximum absolute atomic E-state index is 11.7. The third-order valence-corrected chi connectivity index (χ3v) is 3.74. The van der Waals surface area contributed by atoms with Crippen LogP contribution in [0, 0.1) is 13.8 Å². The average molecular weight is 293 g/mol. The van der Waals surface area contributed by atoms with Crippen LogP contribution >= 0.6 is 11.6 Å². The number of esters is 1. The summed E-state index contributed by atoms with van der Waals surface area (Å²) in [6.45, 7) is 5.63. The molecule has 0 fully saturated rings. The molecule has 0 spiro atoms. The lowest BCUT2D eigenvalue weighted by atomic mass is 9.99. The predicted octanol–water partition coefficient (Wildman–Crippen LogP) is 3.42. The Morgan fingerprint density at radius 3 is 2.60 bits per heavy atom. The van der Waals surface area contributed by atoms with E-state index in [9.17, 15) is 4.79 Å². The highest BCUT2D eigenvalue weighted by Crippen LogP contribution is 2.28. The Kier molecular flexibility index (Phi) is 4.14.